The molecule has 0 aliphatic heterocycles. The highest BCUT2D eigenvalue weighted by atomic mass is 16.6. The predicted octanol–water partition coefficient (Wildman–Crippen LogP) is 1.98. The minimum Gasteiger partial charge on any atom is -0.470 e. The maximum absolute atomic E-state index is 12.5. The predicted molar refractivity (Wildman–Crippen MR) is 224 cm³/mol. The molecular formula is C36H41B6N3O16. The number of nitrogens with one attached hydrogen (secondary N) is 1. The molecule has 61 heavy (non-hydrogen) atoms. The molecule has 0 bridgehead atoms. The number of rotatable bonds is 21. The van der Waals surface area contributed by atoms with Crippen LogP contribution in [0.5, 0.6) is 5.75 Å². The number of benzene rings is 2. The van der Waals surface area contributed by atoms with Crippen LogP contribution in [0.4, 0.5) is 34.5 Å². The van der Waals surface area contributed by atoms with Gasteiger partial charge in [0.05, 0.1) is 25.1 Å². The second-order valence-electron chi connectivity index (χ2n) is 12.2. The molecule has 0 atom stereocenters. The SMILES string of the molecule is [B]C(=O)OC/C(=C\c1cc(COC([B])=O)c(NC=O)c(COC([B])=O)c1)COC.[B]C(=O)OCc1cc(COC)cc(COC([B])=O)c1OC(=O)N(C)CCN(C)C.[B]C=O. The number of hydrogen-bond acceptors (Lipinski definition) is 17. The van der Waals surface area contributed by atoms with E-state index in [1.165, 1.54) is 19.1 Å². The Morgan fingerprint density at radius 1 is 0.623 bits per heavy atom. The van der Waals surface area contributed by atoms with Crippen LogP contribution in [-0.4, -0.2) is 167 Å². The van der Waals surface area contributed by atoms with E-state index in [1.807, 2.05) is 19.0 Å². The second kappa shape index (κ2) is 31.1. The monoisotopic (exact) mass is 837 g/mol. The van der Waals surface area contributed by atoms with Crippen molar-refractivity contribution in [2.45, 2.75) is 33.0 Å². The van der Waals surface area contributed by atoms with Crippen molar-refractivity contribution in [3.05, 3.63) is 63.2 Å². The standard InChI is InChI=1S/C18H24B2N2O7.C17H16B3NO8.CHBO/c1-21(2)5-6-22(3)18(25)29-15-13(10-27-16(19)23)7-12(9-26-4)8-14(15)11-28-17(20)24;1-26-5-11(6-27-15(18)23)2-10-3-12(7-28-16(19)24)14(21-9-22)13(4-10)8-29-17(20)25;2-1-3/h7-8H,5-6,9-11H2,1-4H3;2-4,9H,5-8H2,1H3,(H,21,22);1H/b;11-2-;. The third kappa shape index (κ3) is 24.8. The minimum atomic E-state index is -1.02. The van der Waals surface area contributed by atoms with Gasteiger partial charge in [0.2, 0.25) is 75.0 Å². The molecule has 25 heteroatoms. The molecule has 0 fully saturated rings. The molecule has 1 N–H and O–H groups in total. The quantitative estimate of drug-likeness (QED) is 0.108. The molecule has 0 aromatic heterocycles. The largest absolute Gasteiger partial charge is 0.470 e. The first-order valence-corrected chi connectivity index (χ1v) is 17.3. The number of carbonyl (C=O) groups is 8. The maximum Gasteiger partial charge on any atom is 0.415 e. The molecule has 0 heterocycles. The number of amides is 2. The van der Waals surface area contributed by atoms with E-state index in [4.69, 9.17) is 81.9 Å². The Labute approximate surface area is 361 Å². The molecule has 0 spiro atoms. The van der Waals surface area contributed by atoms with Gasteiger partial charge in [0.1, 0.15) is 38.8 Å². The molecule has 0 saturated carbocycles. The van der Waals surface area contributed by atoms with Crippen molar-refractivity contribution in [1.82, 2.24) is 9.80 Å². The van der Waals surface area contributed by atoms with E-state index in [2.05, 4.69) is 13.2 Å². The molecular weight excluding hydrogens is 795 g/mol. The van der Waals surface area contributed by atoms with Gasteiger partial charge < -0.3 is 57.8 Å². The summed E-state index contributed by atoms with van der Waals surface area (Å²) in [5.74, 6) is -4.88. The molecule has 2 rings (SSSR count). The second-order valence-corrected chi connectivity index (χ2v) is 12.2. The molecule has 0 aliphatic carbocycles. The lowest BCUT2D eigenvalue weighted by atomic mass is 10.0. The van der Waals surface area contributed by atoms with Crippen molar-refractivity contribution in [1.29, 1.82) is 0 Å². The summed E-state index contributed by atoms with van der Waals surface area (Å²) < 4.78 is 39.8. The highest BCUT2D eigenvalue weighted by molar-refractivity contribution is 6.56. The van der Waals surface area contributed by atoms with Gasteiger partial charge in [-0.25, -0.2) is 4.79 Å². The Hall–Kier alpha value is -5.79. The van der Waals surface area contributed by atoms with E-state index >= 15 is 0 Å². The van der Waals surface area contributed by atoms with Gasteiger partial charge in [-0.3, -0.25) is 28.8 Å². The average Bonchev–Trinajstić information content (AvgIpc) is 3.17. The van der Waals surface area contributed by atoms with Crippen molar-refractivity contribution in [3.63, 3.8) is 0 Å². The van der Waals surface area contributed by atoms with Crippen LogP contribution in [0.15, 0.2) is 29.8 Å². The molecule has 0 unspecified atom stereocenters. The summed E-state index contributed by atoms with van der Waals surface area (Å²) in [4.78, 5) is 90.3. The molecule has 314 valence electrons. The summed E-state index contributed by atoms with van der Waals surface area (Å²) in [6, 6.07) is 6.45. The highest BCUT2D eigenvalue weighted by Crippen LogP contribution is 2.30. The normalized spacial score (nSPS) is 10.3. The number of methoxy groups -OCH3 is 2. The van der Waals surface area contributed by atoms with E-state index in [0.29, 0.717) is 58.5 Å². The summed E-state index contributed by atoms with van der Waals surface area (Å²) in [6.07, 6.45) is 1.65. The fourth-order valence-electron chi connectivity index (χ4n) is 4.68. The number of hydrogen-bond donors (Lipinski definition) is 1. The Balaban J connectivity index is 0.00000111. The van der Waals surface area contributed by atoms with Crippen LogP contribution in [-0.2, 0) is 75.8 Å². The van der Waals surface area contributed by atoms with Crippen LogP contribution in [0.3, 0.4) is 0 Å². The van der Waals surface area contributed by atoms with Crippen LogP contribution in [0, 0.1) is 0 Å². The van der Waals surface area contributed by atoms with Crippen LogP contribution in [0.2, 0.25) is 0 Å². The zero-order valence-electron chi connectivity index (χ0n) is 34.3. The van der Waals surface area contributed by atoms with Crippen molar-refractivity contribution >= 4 is 107 Å². The van der Waals surface area contributed by atoms with Gasteiger partial charge in [-0.2, -0.15) is 0 Å². The number of nitrogens with zero attached hydrogens (tertiary/aromatic N) is 2. The summed E-state index contributed by atoms with van der Waals surface area (Å²) in [5.41, 5.74) is 3.45. The number of carbonyl (C=O) groups excluding carboxylic acids is 8. The van der Waals surface area contributed by atoms with Crippen molar-refractivity contribution in [2.75, 3.05) is 67.0 Å². The topological polar surface area (TPSA) is 229 Å². The molecule has 19 nitrogen and oxygen atoms in total. The van der Waals surface area contributed by atoms with Gasteiger partial charge in [-0.15, -0.1) is 0 Å². The molecule has 2 amide bonds. The maximum atomic E-state index is 12.5. The Morgan fingerprint density at radius 2 is 1.07 bits per heavy atom. The van der Waals surface area contributed by atoms with Crippen molar-refractivity contribution < 1.29 is 76.3 Å². The number of anilines is 1. The van der Waals surface area contributed by atoms with E-state index in [1.54, 1.807) is 37.4 Å². The first-order chi connectivity index (χ1) is 28.8. The molecule has 2 aromatic rings. The molecule has 2 aromatic carbocycles. The molecule has 0 aliphatic rings. The van der Waals surface area contributed by atoms with Gasteiger partial charge in [0, 0.05) is 56.6 Å². The van der Waals surface area contributed by atoms with Gasteiger partial charge in [-0.05, 0) is 55.1 Å². The lowest BCUT2D eigenvalue weighted by Crippen LogP contribution is -2.35. The van der Waals surface area contributed by atoms with Crippen LogP contribution in [0.25, 0.3) is 6.08 Å². The lowest BCUT2D eigenvalue weighted by molar-refractivity contribution is -0.105. The highest BCUT2D eigenvalue weighted by Gasteiger charge is 2.21. The van der Waals surface area contributed by atoms with Gasteiger partial charge in [-0.1, -0.05) is 6.08 Å². The molecule has 12 radical (unpaired) electrons. The minimum absolute atomic E-state index is 0.0917. The Morgan fingerprint density at radius 3 is 1.44 bits per heavy atom. The molecule has 0 saturated heterocycles. The van der Waals surface area contributed by atoms with Crippen LogP contribution >= 0.6 is 0 Å². The van der Waals surface area contributed by atoms with Crippen LogP contribution < -0.4 is 10.1 Å². The summed E-state index contributed by atoms with van der Waals surface area (Å²) >= 11 is 0. The summed E-state index contributed by atoms with van der Waals surface area (Å²) in [6.45, 7) is 0.245. The lowest BCUT2D eigenvalue weighted by Gasteiger charge is -2.22. The van der Waals surface area contributed by atoms with Crippen molar-refractivity contribution in [3.8, 4) is 5.75 Å². The number of likely N-dealkylation sites (N-methyl/N-ethyl adjacent to an activating group) is 2. The van der Waals surface area contributed by atoms with Gasteiger partial charge in [0.25, 0.3) is 0 Å². The number of ether oxygens (including phenoxy) is 8. The van der Waals surface area contributed by atoms with Gasteiger partial charge in [0.15, 0.2) is 7.85 Å². The summed E-state index contributed by atoms with van der Waals surface area (Å²) in [5, 5.41) is 2.46. The zero-order chi connectivity index (χ0) is 46.5. The zero-order valence-corrected chi connectivity index (χ0v) is 34.3. The van der Waals surface area contributed by atoms with E-state index in [-0.39, 0.29) is 63.9 Å². The van der Waals surface area contributed by atoms with Crippen molar-refractivity contribution in [2.24, 2.45) is 0 Å². The third-order valence-electron chi connectivity index (χ3n) is 7.10. The van der Waals surface area contributed by atoms with Gasteiger partial charge >= 0.3 is 6.09 Å². The first kappa shape index (κ1) is 55.2. The van der Waals surface area contributed by atoms with Crippen LogP contribution in [0.1, 0.15) is 33.4 Å². The van der Waals surface area contributed by atoms with E-state index in [0.717, 1.165) is 0 Å². The Bertz CT molecular complexity index is 1750. The fourth-order valence-corrected chi connectivity index (χ4v) is 4.68. The fraction of sp³-hybridized carbons (Fsp3) is 0.389. The van der Waals surface area contributed by atoms with E-state index < -0.39 is 35.4 Å². The summed E-state index contributed by atoms with van der Waals surface area (Å²) in [7, 11) is 37.6. The smallest absolute Gasteiger partial charge is 0.415 e. The average molecular weight is 837 g/mol. The third-order valence-corrected chi connectivity index (χ3v) is 7.10. The Kier molecular flexibility index (Phi) is 28.2. The van der Waals surface area contributed by atoms with E-state index in [9.17, 15) is 33.6 Å². The first-order valence-electron chi connectivity index (χ1n) is 17.3.